The van der Waals surface area contributed by atoms with Gasteiger partial charge in [-0.05, 0) is 0 Å². The van der Waals surface area contributed by atoms with Gasteiger partial charge in [-0.3, -0.25) is 0 Å². The summed E-state index contributed by atoms with van der Waals surface area (Å²) in [4.78, 5) is 0. The van der Waals surface area contributed by atoms with Gasteiger partial charge < -0.3 is 26.2 Å². The Kier molecular flexibility index (Phi) is 4.50. The largest absolute Gasteiger partial charge is 0.395 e. The molecular weight excluding hydrogens is 138 g/mol. The minimum Gasteiger partial charge on any atom is -0.395 e. The molecule has 0 aliphatic carbocycles. The molecule has 0 aromatic heterocycles. The Labute approximate surface area is 58.7 Å². The molecule has 0 radical (unpaired) electrons. The van der Waals surface area contributed by atoms with Crippen molar-refractivity contribution in [2.24, 2.45) is 5.73 Å². The summed E-state index contributed by atoms with van der Waals surface area (Å²) >= 11 is 0. The molecule has 0 fully saturated rings. The first-order valence-corrected chi connectivity index (χ1v) is 2.97. The van der Waals surface area contributed by atoms with E-state index in [1.165, 1.54) is 0 Å². The van der Waals surface area contributed by atoms with Crippen LogP contribution < -0.4 is 5.73 Å². The quantitative estimate of drug-likeness (QED) is 0.295. The predicted molar refractivity (Wildman–Crippen MR) is 34.2 cm³/mol. The fourth-order valence-corrected chi connectivity index (χ4v) is 0.501. The lowest BCUT2D eigenvalue weighted by Crippen LogP contribution is -2.46. The molecule has 3 unspecified atom stereocenters. The lowest BCUT2D eigenvalue weighted by atomic mass is 10.1. The molecule has 3 atom stereocenters. The van der Waals surface area contributed by atoms with Gasteiger partial charge >= 0.3 is 0 Å². The zero-order chi connectivity index (χ0) is 8.15. The molecular formula is C5H13NO4. The molecule has 0 bridgehead atoms. The van der Waals surface area contributed by atoms with Crippen LogP contribution in [-0.2, 0) is 0 Å². The zero-order valence-corrected chi connectivity index (χ0v) is 5.51. The fourth-order valence-electron chi connectivity index (χ4n) is 0.501. The first-order chi connectivity index (χ1) is 4.63. The SMILES string of the molecule is NC(CO)C(O)C(O)CO. The molecule has 0 spiro atoms. The van der Waals surface area contributed by atoms with Gasteiger partial charge in [0, 0.05) is 0 Å². The predicted octanol–water partition coefficient (Wildman–Crippen LogP) is -2.98. The first kappa shape index (κ1) is 9.80. The third-order valence-electron chi connectivity index (χ3n) is 1.23. The molecule has 5 heteroatoms. The van der Waals surface area contributed by atoms with Crippen LogP contribution in [0.2, 0.25) is 0 Å². The topological polar surface area (TPSA) is 107 Å². The van der Waals surface area contributed by atoms with Crippen LogP contribution >= 0.6 is 0 Å². The van der Waals surface area contributed by atoms with Gasteiger partial charge in [0.15, 0.2) is 0 Å². The first-order valence-electron chi connectivity index (χ1n) is 2.97. The third kappa shape index (κ3) is 2.59. The second-order valence-corrected chi connectivity index (χ2v) is 2.09. The molecule has 0 aromatic rings. The van der Waals surface area contributed by atoms with E-state index in [4.69, 9.17) is 26.2 Å². The Morgan fingerprint density at radius 3 is 1.90 bits per heavy atom. The number of aliphatic hydroxyl groups excluding tert-OH is 4. The van der Waals surface area contributed by atoms with E-state index in [0.29, 0.717) is 0 Å². The smallest absolute Gasteiger partial charge is 0.104 e. The summed E-state index contributed by atoms with van der Waals surface area (Å²) in [6.45, 7) is -0.979. The monoisotopic (exact) mass is 151 g/mol. The van der Waals surface area contributed by atoms with Gasteiger partial charge in [0.1, 0.15) is 6.10 Å². The lowest BCUT2D eigenvalue weighted by Gasteiger charge is -2.20. The molecule has 0 aliphatic rings. The van der Waals surface area contributed by atoms with Crippen LogP contribution in [0, 0.1) is 0 Å². The highest BCUT2D eigenvalue weighted by Crippen LogP contribution is 1.95. The Hall–Kier alpha value is -0.200. The normalized spacial score (nSPS) is 20.1. The molecule has 0 amide bonds. The van der Waals surface area contributed by atoms with Crippen molar-refractivity contribution in [2.45, 2.75) is 18.2 Å². The second kappa shape index (κ2) is 4.59. The minimum atomic E-state index is -1.28. The maximum atomic E-state index is 8.89. The van der Waals surface area contributed by atoms with Crippen molar-refractivity contribution in [3.05, 3.63) is 0 Å². The minimum absolute atomic E-state index is 0.418. The Balaban J connectivity index is 3.69. The summed E-state index contributed by atoms with van der Waals surface area (Å²) in [6, 6.07) is -0.901. The van der Waals surface area contributed by atoms with Gasteiger partial charge in [-0.1, -0.05) is 0 Å². The van der Waals surface area contributed by atoms with Gasteiger partial charge in [-0.15, -0.1) is 0 Å². The molecule has 0 saturated carbocycles. The lowest BCUT2D eigenvalue weighted by molar-refractivity contribution is -0.0336. The Bertz CT molecular complexity index is 79.7. The van der Waals surface area contributed by atoms with Crippen molar-refractivity contribution in [3.63, 3.8) is 0 Å². The summed E-state index contributed by atoms with van der Waals surface area (Å²) in [5.41, 5.74) is 5.12. The molecule has 0 aromatic carbocycles. The van der Waals surface area contributed by atoms with E-state index in [0.717, 1.165) is 0 Å². The summed E-state index contributed by atoms with van der Waals surface area (Å²) in [5, 5.41) is 34.3. The summed E-state index contributed by atoms with van der Waals surface area (Å²) in [7, 11) is 0. The van der Waals surface area contributed by atoms with Crippen molar-refractivity contribution in [1.82, 2.24) is 0 Å². The van der Waals surface area contributed by atoms with Crippen LogP contribution in [-0.4, -0.2) is 51.9 Å². The summed E-state index contributed by atoms with van der Waals surface area (Å²) in [5.74, 6) is 0. The van der Waals surface area contributed by atoms with Crippen molar-refractivity contribution in [2.75, 3.05) is 13.2 Å². The highest BCUT2D eigenvalue weighted by atomic mass is 16.4. The van der Waals surface area contributed by atoms with E-state index in [1.807, 2.05) is 0 Å². The molecule has 62 valence electrons. The van der Waals surface area contributed by atoms with Crippen LogP contribution in [0.25, 0.3) is 0 Å². The summed E-state index contributed by atoms with van der Waals surface area (Å²) < 4.78 is 0. The molecule has 10 heavy (non-hydrogen) atoms. The number of hydrogen-bond acceptors (Lipinski definition) is 5. The highest BCUT2D eigenvalue weighted by molar-refractivity contribution is 4.76. The van der Waals surface area contributed by atoms with Crippen LogP contribution in [0.5, 0.6) is 0 Å². The number of hydrogen-bond donors (Lipinski definition) is 5. The Morgan fingerprint density at radius 2 is 1.60 bits per heavy atom. The van der Waals surface area contributed by atoms with E-state index in [1.54, 1.807) is 0 Å². The van der Waals surface area contributed by atoms with E-state index in [-0.39, 0.29) is 0 Å². The fraction of sp³-hybridized carbons (Fsp3) is 1.00. The second-order valence-electron chi connectivity index (χ2n) is 2.09. The Morgan fingerprint density at radius 1 is 1.10 bits per heavy atom. The molecule has 0 rings (SSSR count). The van der Waals surface area contributed by atoms with E-state index in [9.17, 15) is 0 Å². The standard InChI is InChI=1S/C5H13NO4/c6-3(1-7)5(10)4(9)2-8/h3-5,7-10H,1-2,6H2. The zero-order valence-electron chi connectivity index (χ0n) is 5.51. The molecule has 0 heterocycles. The number of aliphatic hydroxyl groups is 4. The van der Waals surface area contributed by atoms with Crippen LogP contribution in [0.4, 0.5) is 0 Å². The van der Waals surface area contributed by atoms with Gasteiger partial charge in [-0.25, -0.2) is 0 Å². The van der Waals surface area contributed by atoms with Gasteiger partial charge in [-0.2, -0.15) is 0 Å². The summed E-state index contributed by atoms with van der Waals surface area (Å²) in [6.07, 6.45) is -2.54. The number of nitrogens with two attached hydrogens (primary N) is 1. The molecule has 5 nitrogen and oxygen atoms in total. The van der Waals surface area contributed by atoms with Crippen LogP contribution in [0.3, 0.4) is 0 Å². The average molecular weight is 151 g/mol. The molecule has 6 N–H and O–H groups in total. The number of rotatable bonds is 4. The van der Waals surface area contributed by atoms with Crippen molar-refractivity contribution >= 4 is 0 Å². The van der Waals surface area contributed by atoms with Crippen molar-refractivity contribution in [1.29, 1.82) is 0 Å². The van der Waals surface area contributed by atoms with Gasteiger partial charge in [0.25, 0.3) is 0 Å². The van der Waals surface area contributed by atoms with Crippen LogP contribution in [0.1, 0.15) is 0 Å². The maximum Gasteiger partial charge on any atom is 0.104 e. The third-order valence-corrected chi connectivity index (χ3v) is 1.23. The van der Waals surface area contributed by atoms with Crippen LogP contribution in [0.15, 0.2) is 0 Å². The highest BCUT2D eigenvalue weighted by Gasteiger charge is 2.21. The van der Waals surface area contributed by atoms with Gasteiger partial charge in [0.2, 0.25) is 0 Å². The van der Waals surface area contributed by atoms with E-state index >= 15 is 0 Å². The van der Waals surface area contributed by atoms with Crippen molar-refractivity contribution in [3.8, 4) is 0 Å². The molecule has 0 saturated heterocycles. The van der Waals surface area contributed by atoms with Crippen molar-refractivity contribution < 1.29 is 20.4 Å². The maximum absolute atomic E-state index is 8.89. The van der Waals surface area contributed by atoms with Gasteiger partial charge in [0.05, 0.1) is 25.4 Å². The van der Waals surface area contributed by atoms with E-state index < -0.39 is 31.5 Å². The average Bonchev–Trinajstić information content (AvgIpc) is 2.00. The molecule has 0 aliphatic heterocycles. The van der Waals surface area contributed by atoms with E-state index in [2.05, 4.69) is 0 Å².